The number of Topliss-reactive ketones (excluding diaryl/α,β-unsaturated/α-hetero) is 1. The van der Waals surface area contributed by atoms with E-state index in [1.54, 1.807) is 0 Å². The molecule has 0 heterocycles. The molecule has 1 N–H and O–H groups in total. The van der Waals surface area contributed by atoms with Crippen LogP contribution in [0.25, 0.3) is 0 Å². The monoisotopic (exact) mass is 231 g/mol. The SMILES string of the molecule is CCC(C)NCC(=O)CC1Cc2ccccc21. The van der Waals surface area contributed by atoms with E-state index in [1.165, 1.54) is 11.1 Å². The lowest BCUT2D eigenvalue weighted by Crippen LogP contribution is -2.32. The number of carbonyl (C=O) groups excluding carboxylic acids is 1. The van der Waals surface area contributed by atoms with Crippen LogP contribution in [0.3, 0.4) is 0 Å². The van der Waals surface area contributed by atoms with Gasteiger partial charge in [-0.1, -0.05) is 31.2 Å². The largest absolute Gasteiger partial charge is 0.308 e. The molecule has 2 heteroatoms. The fraction of sp³-hybridized carbons (Fsp3) is 0.533. The summed E-state index contributed by atoms with van der Waals surface area (Å²) in [5.74, 6) is 0.808. The minimum Gasteiger partial charge on any atom is -0.308 e. The van der Waals surface area contributed by atoms with Crippen LogP contribution >= 0.6 is 0 Å². The molecule has 2 atom stereocenters. The van der Waals surface area contributed by atoms with Gasteiger partial charge in [-0.25, -0.2) is 0 Å². The van der Waals surface area contributed by atoms with Gasteiger partial charge >= 0.3 is 0 Å². The van der Waals surface area contributed by atoms with Crippen molar-refractivity contribution in [2.45, 2.75) is 45.1 Å². The van der Waals surface area contributed by atoms with Crippen molar-refractivity contribution >= 4 is 5.78 Å². The number of rotatable bonds is 6. The third-order valence-electron chi connectivity index (χ3n) is 3.70. The Bertz CT molecular complexity index is 400. The highest BCUT2D eigenvalue weighted by Crippen LogP contribution is 2.37. The van der Waals surface area contributed by atoms with Gasteiger partial charge in [-0.2, -0.15) is 0 Å². The van der Waals surface area contributed by atoms with Gasteiger partial charge < -0.3 is 5.32 Å². The van der Waals surface area contributed by atoms with E-state index in [-0.39, 0.29) is 0 Å². The van der Waals surface area contributed by atoms with Crippen molar-refractivity contribution in [1.29, 1.82) is 0 Å². The summed E-state index contributed by atoms with van der Waals surface area (Å²) >= 11 is 0. The Hall–Kier alpha value is -1.15. The first-order chi connectivity index (χ1) is 8.20. The second-order valence-electron chi connectivity index (χ2n) is 5.03. The number of hydrogen-bond acceptors (Lipinski definition) is 2. The lowest BCUT2D eigenvalue weighted by Gasteiger charge is -2.29. The van der Waals surface area contributed by atoms with Gasteiger partial charge in [-0.05, 0) is 36.8 Å². The van der Waals surface area contributed by atoms with Crippen LogP contribution in [-0.2, 0) is 11.2 Å². The van der Waals surface area contributed by atoms with E-state index >= 15 is 0 Å². The van der Waals surface area contributed by atoms with Crippen molar-refractivity contribution in [2.75, 3.05) is 6.54 Å². The molecule has 17 heavy (non-hydrogen) atoms. The first kappa shape index (κ1) is 12.3. The van der Waals surface area contributed by atoms with Crippen LogP contribution in [0.1, 0.15) is 43.7 Å². The molecule has 0 amide bonds. The van der Waals surface area contributed by atoms with E-state index in [2.05, 4.69) is 43.4 Å². The zero-order valence-corrected chi connectivity index (χ0v) is 10.7. The Kier molecular flexibility index (Phi) is 3.95. The summed E-state index contributed by atoms with van der Waals surface area (Å²) in [5.41, 5.74) is 2.80. The van der Waals surface area contributed by atoms with Crippen molar-refractivity contribution < 1.29 is 4.79 Å². The third kappa shape index (κ3) is 2.95. The molecule has 0 fully saturated rings. The van der Waals surface area contributed by atoms with Gasteiger partial charge in [0.25, 0.3) is 0 Å². The minimum absolute atomic E-state index is 0.338. The number of ketones is 1. The molecule has 2 unspecified atom stereocenters. The van der Waals surface area contributed by atoms with Gasteiger partial charge in [0.15, 0.2) is 0 Å². The first-order valence-corrected chi connectivity index (χ1v) is 6.53. The number of carbonyl (C=O) groups is 1. The minimum atomic E-state index is 0.338. The summed E-state index contributed by atoms with van der Waals surface area (Å²) in [6.07, 6.45) is 2.84. The van der Waals surface area contributed by atoms with E-state index in [0.29, 0.717) is 30.7 Å². The van der Waals surface area contributed by atoms with Crippen LogP contribution < -0.4 is 5.32 Å². The summed E-state index contributed by atoms with van der Waals surface area (Å²) < 4.78 is 0. The standard InChI is InChI=1S/C15H21NO/c1-3-11(2)16-10-14(17)9-13-8-12-6-4-5-7-15(12)13/h4-7,11,13,16H,3,8-10H2,1-2H3. The highest BCUT2D eigenvalue weighted by molar-refractivity contribution is 5.81. The number of benzene rings is 1. The van der Waals surface area contributed by atoms with Crippen molar-refractivity contribution in [1.82, 2.24) is 5.32 Å². The summed E-state index contributed by atoms with van der Waals surface area (Å²) in [5, 5.41) is 3.26. The van der Waals surface area contributed by atoms with E-state index in [4.69, 9.17) is 0 Å². The molecule has 0 radical (unpaired) electrons. The highest BCUT2D eigenvalue weighted by Gasteiger charge is 2.27. The summed E-state index contributed by atoms with van der Waals surface area (Å²) in [4.78, 5) is 11.8. The quantitative estimate of drug-likeness (QED) is 0.815. The van der Waals surface area contributed by atoms with Gasteiger partial charge in [-0.15, -0.1) is 0 Å². The Balaban J connectivity index is 1.78. The molecule has 0 aromatic heterocycles. The zero-order valence-electron chi connectivity index (χ0n) is 10.7. The molecule has 1 aliphatic carbocycles. The van der Waals surface area contributed by atoms with E-state index in [0.717, 1.165) is 12.8 Å². The lowest BCUT2D eigenvalue weighted by atomic mass is 9.75. The van der Waals surface area contributed by atoms with Crippen molar-refractivity contribution in [3.05, 3.63) is 35.4 Å². The van der Waals surface area contributed by atoms with Crippen LogP contribution in [0.2, 0.25) is 0 Å². The Morgan fingerprint density at radius 3 is 2.94 bits per heavy atom. The summed E-state index contributed by atoms with van der Waals surface area (Å²) in [7, 11) is 0. The maximum Gasteiger partial charge on any atom is 0.147 e. The van der Waals surface area contributed by atoms with Crippen LogP contribution in [0.4, 0.5) is 0 Å². The fourth-order valence-corrected chi connectivity index (χ4v) is 2.32. The van der Waals surface area contributed by atoms with E-state index in [1.807, 2.05) is 0 Å². The molecule has 0 aliphatic heterocycles. The van der Waals surface area contributed by atoms with Gasteiger partial charge in [0, 0.05) is 12.5 Å². The molecule has 0 saturated heterocycles. The average Bonchev–Trinajstić information content (AvgIpc) is 2.33. The maximum absolute atomic E-state index is 11.8. The van der Waals surface area contributed by atoms with Gasteiger partial charge in [0.2, 0.25) is 0 Å². The van der Waals surface area contributed by atoms with Crippen molar-refractivity contribution in [2.24, 2.45) is 0 Å². The summed E-state index contributed by atoms with van der Waals surface area (Å²) in [6.45, 7) is 4.77. The summed E-state index contributed by atoms with van der Waals surface area (Å²) in [6, 6.07) is 8.88. The molecule has 1 aliphatic rings. The normalized spacial score (nSPS) is 19.3. The van der Waals surface area contributed by atoms with Crippen LogP contribution in [-0.4, -0.2) is 18.4 Å². The van der Waals surface area contributed by atoms with Gasteiger partial charge in [-0.3, -0.25) is 4.79 Å². The van der Waals surface area contributed by atoms with Crippen molar-refractivity contribution in [3.8, 4) is 0 Å². The van der Waals surface area contributed by atoms with Crippen molar-refractivity contribution in [3.63, 3.8) is 0 Å². The predicted molar refractivity (Wildman–Crippen MR) is 70.3 cm³/mol. The van der Waals surface area contributed by atoms with E-state index in [9.17, 15) is 4.79 Å². The topological polar surface area (TPSA) is 29.1 Å². The van der Waals surface area contributed by atoms with Gasteiger partial charge in [0.1, 0.15) is 5.78 Å². The molecular formula is C15H21NO. The van der Waals surface area contributed by atoms with Crippen LogP contribution in [0.5, 0.6) is 0 Å². The second kappa shape index (κ2) is 5.46. The van der Waals surface area contributed by atoms with Crippen LogP contribution in [0, 0.1) is 0 Å². The molecule has 0 spiro atoms. The number of hydrogen-bond donors (Lipinski definition) is 1. The Labute approximate surface area is 103 Å². The molecule has 2 nitrogen and oxygen atoms in total. The zero-order chi connectivity index (χ0) is 12.3. The van der Waals surface area contributed by atoms with E-state index < -0.39 is 0 Å². The maximum atomic E-state index is 11.8. The smallest absolute Gasteiger partial charge is 0.147 e. The molecule has 1 aromatic rings. The molecular weight excluding hydrogens is 210 g/mol. The first-order valence-electron chi connectivity index (χ1n) is 6.53. The molecule has 1 aromatic carbocycles. The molecule has 0 bridgehead atoms. The molecule has 0 saturated carbocycles. The molecule has 92 valence electrons. The van der Waals surface area contributed by atoms with Crippen LogP contribution in [0.15, 0.2) is 24.3 Å². The Morgan fingerprint density at radius 1 is 1.47 bits per heavy atom. The predicted octanol–water partition coefficient (Wildman–Crippen LogP) is 2.67. The average molecular weight is 231 g/mol. The number of nitrogens with one attached hydrogen (secondary N) is 1. The highest BCUT2D eigenvalue weighted by atomic mass is 16.1. The molecule has 2 rings (SSSR count). The van der Waals surface area contributed by atoms with Gasteiger partial charge in [0.05, 0.1) is 6.54 Å². The fourth-order valence-electron chi connectivity index (χ4n) is 2.32. The lowest BCUT2D eigenvalue weighted by molar-refractivity contribution is -0.118. The Morgan fingerprint density at radius 2 is 2.24 bits per heavy atom. The second-order valence-corrected chi connectivity index (χ2v) is 5.03. The third-order valence-corrected chi connectivity index (χ3v) is 3.70. The number of fused-ring (bicyclic) bond motifs is 1.